The van der Waals surface area contributed by atoms with E-state index in [1.807, 2.05) is 29.9 Å². The van der Waals surface area contributed by atoms with Gasteiger partial charge in [0.25, 0.3) is 0 Å². The van der Waals surface area contributed by atoms with Crippen molar-refractivity contribution in [1.29, 1.82) is 0 Å². The maximum atomic E-state index is 13.0. The van der Waals surface area contributed by atoms with E-state index >= 15 is 0 Å². The Morgan fingerprint density at radius 3 is 2.47 bits per heavy atom. The molecule has 1 N–H and O–H groups in total. The van der Waals surface area contributed by atoms with Gasteiger partial charge < -0.3 is 24.4 Å². The second-order valence-electron chi connectivity index (χ2n) is 6.61. The van der Waals surface area contributed by atoms with Crippen LogP contribution in [0.15, 0.2) is 49.2 Å². The van der Waals surface area contributed by atoms with Crippen LogP contribution in [0, 0.1) is 0 Å². The van der Waals surface area contributed by atoms with Gasteiger partial charge in [0.2, 0.25) is 5.91 Å². The number of hydrogen-bond acceptors (Lipinski definition) is 3. The number of methoxy groups -OCH3 is 1. The molecule has 0 radical (unpaired) electrons. The van der Waals surface area contributed by atoms with Gasteiger partial charge in [-0.25, -0.2) is 4.79 Å². The van der Waals surface area contributed by atoms with Gasteiger partial charge in [0.15, 0.2) is 0 Å². The summed E-state index contributed by atoms with van der Waals surface area (Å²) >= 11 is 12.3. The fraction of sp³-hybridized carbons (Fsp3) is 0.333. The molecule has 0 bridgehead atoms. The third-order valence-corrected chi connectivity index (χ3v) is 5.11. The maximum Gasteiger partial charge on any atom is 0.322 e. The number of rotatable bonds is 10. The molecule has 0 saturated carbocycles. The van der Waals surface area contributed by atoms with Gasteiger partial charge in [-0.05, 0) is 24.3 Å². The zero-order valence-corrected chi connectivity index (χ0v) is 18.6. The van der Waals surface area contributed by atoms with E-state index in [4.69, 9.17) is 27.9 Å². The second kappa shape index (κ2) is 11.6. The highest BCUT2D eigenvalue weighted by Gasteiger charge is 2.22. The summed E-state index contributed by atoms with van der Waals surface area (Å²) in [4.78, 5) is 28.8. The van der Waals surface area contributed by atoms with Crippen molar-refractivity contribution in [1.82, 2.24) is 14.4 Å². The molecule has 9 heteroatoms. The van der Waals surface area contributed by atoms with Crippen molar-refractivity contribution in [3.05, 3.63) is 64.9 Å². The summed E-state index contributed by atoms with van der Waals surface area (Å²) in [7, 11) is 3.50. The molecule has 0 saturated heterocycles. The van der Waals surface area contributed by atoms with Crippen LogP contribution in [0.4, 0.5) is 10.5 Å². The first-order valence-corrected chi connectivity index (χ1v) is 10.1. The minimum Gasteiger partial charge on any atom is -0.383 e. The molecule has 1 heterocycles. The van der Waals surface area contributed by atoms with E-state index in [1.165, 1.54) is 4.90 Å². The number of nitrogens with zero attached hydrogens (tertiary/aromatic N) is 3. The Labute approximate surface area is 186 Å². The van der Waals surface area contributed by atoms with Crippen LogP contribution in [-0.2, 0) is 23.1 Å². The number of aryl methyl sites for hydroxylation is 1. The molecule has 0 fully saturated rings. The molecule has 162 valence electrons. The molecule has 0 atom stereocenters. The van der Waals surface area contributed by atoms with Gasteiger partial charge in [-0.3, -0.25) is 4.79 Å². The lowest BCUT2D eigenvalue weighted by Crippen LogP contribution is -2.45. The first-order valence-electron chi connectivity index (χ1n) is 9.35. The van der Waals surface area contributed by atoms with Crippen LogP contribution < -0.4 is 5.32 Å². The molecule has 7 nitrogen and oxygen atoms in total. The van der Waals surface area contributed by atoms with Crippen molar-refractivity contribution < 1.29 is 14.3 Å². The molecule has 0 aliphatic rings. The van der Waals surface area contributed by atoms with Crippen molar-refractivity contribution in [3.8, 4) is 0 Å². The van der Waals surface area contributed by atoms with Gasteiger partial charge in [0.05, 0.1) is 28.9 Å². The number of carbonyl (C=O) groups excluding carboxylic acids is 2. The topological polar surface area (TPSA) is 66.8 Å². The fourth-order valence-corrected chi connectivity index (χ4v) is 3.28. The number of urea groups is 1. The van der Waals surface area contributed by atoms with E-state index in [0.717, 1.165) is 5.69 Å². The summed E-state index contributed by atoms with van der Waals surface area (Å²) in [6.45, 7) is 4.93. The average molecular weight is 453 g/mol. The first kappa shape index (κ1) is 23.8. The highest BCUT2D eigenvalue weighted by atomic mass is 35.5. The van der Waals surface area contributed by atoms with Crippen LogP contribution in [0.3, 0.4) is 0 Å². The van der Waals surface area contributed by atoms with Crippen molar-refractivity contribution in [2.24, 2.45) is 7.05 Å². The summed E-state index contributed by atoms with van der Waals surface area (Å²) in [5.74, 6) is -0.212. The predicted molar refractivity (Wildman–Crippen MR) is 120 cm³/mol. The Balaban J connectivity index is 2.13. The van der Waals surface area contributed by atoms with Gasteiger partial charge in [-0.15, -0.1) is 6.58 Å². The van der Waals surface area contributed by atoms with Crippen molar-refractivity contribution in [2.75, 3.05) is 38.7 Å². The number of benzene rings is 1. The second-order valence-corrected chi connectivity index (χ2v) is 7.43. The van der Waals surface area contributed by atoms with E-state index < -0.39 is 6.03 Å². The lowest BCUT2D eigenvalue weighted by Gasteiger charge is -2.27. The average Bonchev–Trinajstić information content (AvgIpc) is 3.12. The Hall–Kier alpha value is -2.48. The van der Waals surface area contributed by atoms with Gasteiger partial charge in [-0.1, -0.05) is 35.3 Å². The largest absolute Gasteiger partial charge is 0.383 e. The number of amides is 3. The molecule has 0 aliphatic carbocycles. The van der Waals surface area contributed by atoms with Crippen LogP contribution in [-0.4, -0.2) is 59.7 Å². The number of anilines is 1. The number of para-hydroxylation sites is 1. The molecule has 1 aromatic carbocycles. The van der Waals surface area contributed by atoms with Crippen LogP contribution in [0.25, 0.3) is 0 Å². The lowest BCUT2D eigenvalue weighted by atomic mass is 10.3. The summed E-state index contributed by atoms with van der Waals surface area (Å²) in [5, 5.41) is 3.30. The van der Waals surface area contributed by atoms with Gasteiger partial charge in [0.1, 0.15) is 6.54 Å². The zero-order valence-electron chi connectivity index (χ0n) is 17.1. The lowest BCUT2D eigenvalue weighted by molar-refractivity contribution is -0.133. The fourth-order valence-electron chi connectivity index (χ4n) is 2.79. The number of ether oxygens (including phenoxy) is 1. The molecule has 2 aromatic rings. The highest BCUT2D eigenvalue weighted by molar-refractivity contribution is 6.39. The molecule has 0 spiro atoms. The van der Waals surface area contributed by atoms with Crippen molar-refractivity contribution >= 4 is 40.8 Å². The molecule has 2 rings (SSSR count). The highest BCUT2D eigenvalue weighted by Crippen LogP contribution is 2.30. The molecular formula is C21H26Cl2N4O3. The van der Waals surface area contributed by atoms with E-state index in [0.29, 0.717) is 35.4 Å². The molecule has 1 aromatic heterocycles. The third-order valence-electron chi connectivity index (χ3n) is 4.48. The van der Waals surface area contributed by atoms with E-state index in [2.05, 4.69) is 11.9 Å². The first-order chi connectivity index (χ1) is 14.4. The summed E-state index contributed by atoms with van der Waals surface area (Å²) in [6.07, 6.45) is 3.47. The Kier molecular flexibility index (Phi) is 9.23. The van der Waals surface area contributed by atoms with E-state index in [9.17, 15) is 9.59 Å². The third kappa shape index (κ3) is 6.52. The number of aromatic nitrogens is 1. The van der Waals surface area contributed by atoms with Crippen LogP contribution in [0.5, 0.6) is 0 Å². The zero-order chi connectivity index (χ0) is 22.1. The molecular weight excluding hydrogens is 427 g/mol. The summed E-state index contributed by atoms with van der Waals surface area (Å²) in [5.41, 5.74) is 1.27. The molecule has 30 heavy (non-hydrogen) atoms. The minimum atomic E-state index is -0.496. The van der Waals surface area contributed by atoms with Crippen LogP contribution in [0.1, 0.15) is 5.69 Å². The minimum absolute atomic E-state index is 0.131. The van der Waals surface area contributed by atoms with Gasteiger partial charge in [-0.2, -0.15) is 0 Å². The predicted octanol–water partition coefficient (Wildman–Crippen LogP) is 4.03. The van der Waals surface area contributed by atoms with Crippen molar-refractivity contribution in [3.63, 3.8) is 0 Å². The Bertz CT molecular complexity index is 865. The smallest absolute Gasteiger partial charge is 0.322 e. The maximum absolute atomic E-state index is 13.0. The monoisotopic (exact) mass is 452 g/mol. The normalized spacial score (nSPS) is 10.5. The van der Waals surface area contributed by atoms with E-state index in [-0.39, 0.29) is 19.0 Å². The standard InChI is InChI=1S/C21H26Cl2N4O3/c1-4-10-27(21(29)24-20-17(22)8-5-9-18(20)23)15-19(28)26(12-13-30-3)14-16-7-6-11-25(16)2/h4-9,11H,1,10,12-15H2,2-3H3,(H,24,29). The SMILES string of the molecule is C=CCN(CC(=O)N(CCOC)Cc1cccn1C)C(=O)Nc1c(Cl)cccc1Cl. The number of carbonyl (C=O) groups is 2. The van der Waals surface area contributed by atoms with Crippen LogP contribution in [0.2, 0.25) is 10.0 Å². The molecule has 0 aliphatic heterocycles. The molecule has 0 unspecified atom stereocenters. The summed E-state index contributed by atoms with van der Waals surface area (Å²) < 4.78 is 7.08. The Morgan fingerprint density at radius 1 is 1.20 bits per heavy atom. The molecule has 3 amide bonds. The number of halogens is 2. The summed E-state index contributed by atoms with van der Waals surface area (Å²) in [6, 6.07) is 8.29. The number of nitrogens with one attached hydrogen (secondary N) is 1. The van der Waals surface area contributed by atoms with Gasteiger partial charge >= 0.3 is 6.03 Å². The number of hydrogen-bond donors (Lipinski definition) is 1. The quantitative estimate of drug-likeness (QED) is 0.553. The van der Waals surface area contributed by atoms with Crippen molar-refractivity contribution in [2.45, 2.75) is 6.54 Å². The van der Waals surface area contributed by atoms with Gasteiger partial charge in [0, 0.05) is 39.1 Å². The Morgan fingerprint density at radius 2 is 1.90 bits per heavy atom. The van der Waals surface area contributed by atoms with Crippen LogP contribution >= 0.6 is 23.2 Å². The van der Waals surface area contributed by atoms with E-state index in [1.54, 1.807) is 36.3 Å².